The Labute approximate surface area is 123 Å². The van der Waals surface area contributed by atoms with Crippen LogP contribution in [0.2, 0.25) is 0 Å². The number of fused-ring (bicyclic) bond motifs is 1. The van der Waals surface area contributed by atoms with Crippen molar-refractivity contribution >= 4 is 5.91 Å². The van der Waals surface area contributed by atoms with Crippen LogP contribution in [-0.4, -0.2) is 29.9 Å². The number of hydrogen-bond acceptors (Lipinski definition) is 2. The summed E-state index contributed by atoms with van der Waals surface area (Å²) >= 11 is 0. The first-order valence-corrected chi connectivity index (χ1v) is 8.77. The van der Waals surface area contributed by atoms with Crippen molar-refractivity contribution in [3.05, 3.63) is 0 Å². The van der Waals surface area contributed by atoms with Crippen LogP contribution in [0.1, 0.15) is 64.2 Å². The molecule has 0 radical (unpaired) electrons. The molecule has 2 aliphatic carbocycles. The third-order valence-electron chi connectivity index (χ3n) is 6.08. The molecule has 3 nitrogen and oxygen atoms in total. The highest BCUT2D eigenvalue weighted by atomic mass is 16.2. The Bertz CT molecular complexity index is 336. The highest BCUT2D eigenvalue weighted by Crippen LogP contribution is 2.38. The van der Waals surface area contributed by atoms with Crippen LogP contribution in [0.4, 0.5) is 0 Å². The summed E-state index contributed by atoms with van der Waals surface area (Å²) in [6.07, 6.45) is 12.3. The molecule has 114 valence electrons. The van der Waals surface area contributed by atoms with E-state index >= 15 is 0 Å². The summed E-state index contributed by atoms with van der Waals surface area (Å²) in [5.41, 5.74) is 5.75. The van der Waals surface area contributed by atoms with Crippen LogP contribution in [0.25, 0.3) is 0 Å². The SMILES string of the molecule is NCC1CCC(CC(=O)N2CCCC3CCCC32)CC1. The Kier molecular flexibility index (Phi) is 4.65. The van der Waals surface area contributed by atoms with Crippen molar-refractivity contribution in [2.75, 3.05) is 13.1 Å². The molecular weight excluding hydrogens is 248 g/mol. The van der Waals surface area contributed by atoms with E-state index in [0.717, 1.165) is 31.3 Å². The minimum absolute atomic E-state index is 0.456. The third-order valence-corrected chi connectivity index (χ3v) is 6.08. The van der Waals surface area contributed by atoms with Crippen LogP contribution in [0.15, 0.2) is 0 Å². The molecule has 1 amide bonds. The van der Waals surface area contributed by atoms with Gasteiger partial charge in [0.1, 0.15) is 0 Å². The molecule has 3 heteroatoms. The molecule has 1 saturated heterocycles. The van der Waals surface area contributed by atoms with Gasteiger partial charge in [0.15, 0.2) is 0 Å². The van der Waals surface area contributed by atoms with Crippen LogP contribution in [-0.2, 0) is 4.79 Å². The molecule has 0 spiro atoms. The van der Waals surface area contributed by atoms with E-state index < -0.39 is 0 Å². The molecule has 0 aromatic carbocycles. The zero-order valence-corrected chi connectivity index (χ0v) is 12.7. The number of likely N-dealkylation sites (tertiary alicyclic amines) is 1. The van der Waals surface area contributed by atoms with E-state index in [9.17, 15) is 4.79 Å². The molecule has 3 aliphatic rings. The second-order valence-corrected chi connectivity index (χ2v) is 7.31. The summed E-state index contributed by atoms with van der Waals surface area (Å²) in [7, 11) is 0. The maximum Gasteiger partial charge on any atom is 0.223 e. The number of carbonyl (C=O) groups is 1. The summed E-state index contributed by atoms with van der Waals surface area (Å²) < 4.78 is 0. The molecule has 0 aromatic heterocycles. The fraction of sp³-hybridized carbons (Fsp3) is 0.941. The Hall–Kier alpha value is -0.570. The zero-order chi connectivity index (χ0) is 13.9. The molecule has 2 unspecified atom stereocenters. The molecule has 1 heterocycles. The van der Waals surface area contributed by atoms with Gasteiger partial charge in [-0.25, -0.2) is 0 Å². The topological polar surface area (TPSA) is 46.3 Å². The number of piperidine rings is 1. The predicted molar refractivity (Wildman–Crippen MR) is 81.2 cm³/mol. The molecule has 2 saturated carbocycles. The summed E-state index contributed by atoms with van der Waals surface area (Å²) in [5.74, 6) is 2.63. The van der Waals surface area contributed by atoms with E-state index in [2.05, 4.69) is 4.90 Å². The third kappa shape index (κ3) is 3.03. The van der Waals surface area contributed by atoms with Gasteiger partial charge in [-0.3, -0.25) is 4.79 Å². The van der Waals surface area contributed by atoms with Gasteiger partial charge in [-0.2, -0.15) is 0 Å². The zero-order valence-electron chi connectivity index (χ0n) is 12.7. The van der Waals surface area contributed by atoms with E-state index in [-0.39, 0.29) is 0 Å². The maximum atomic E-state index is 12.7. The first kappa shape index (κ1) is 14.4. The van der Waals surface area contributed by atoms with Crippen molar-refractivity contribution in [1.82, 2.24) is 4.90 Å². The lowest BCUT2D eigenvalue weighted by atomic mass is 9.80. The summed E-state index contributed by atoms with van der Waals surface area (Å²) in [5, 5.41) is 0. The lowest BCUT2D eigenvalue weighted by molar-refractivity contribution is -0.137. The van der Waals surface area contributed by atoms with Crippen molar-refractivity contribution in [2.45, 2.75) is 70.3 Å². The number of amides is 1. The monoisotopic (exact) mass is 278 g/mol. The molecule has 0 aromatic rings. The second-order valence-electron chi connectivity index (χ2n) is 7.31. The fourth-order valence-electron chi connectivity index (χ4n) is 4.80. The molecule has 2 atom stereocenters. The first-order chi connectivity index (χ1) is 9.78. The van der Waals surface area contributed by atoms with Gasteiger partial charge >= 0.3 is 0 Å². The second kappa shape index (κ2) is 6.46. The Morgan fingerprint density at radius 3 is 2.40 bits per heavy atom. The van der Waals surface area contributed by atoms with Gasteiger partial charge in [-0.1, -0.05) is 6.42 Å². The molecule has 20 heavy (non-hydrogen) atoms. The van der Waals surface area contributed by atoms with E-state index in [0.29, 0.717) is 17.9 Å². The molecule has 0 bridgehead atoms. The average Bonchev–Trinajstić information content (AvgIpc) is 2.96. The summed E-state index contributed by atoms with van der Waals surface area (Å²) in [6, 6.07) is 0.594. The Morgan fingerprint density at radius 2 is 1.65 bits per heavy atom. The Morgan fingerprint density at radius 1 is 0.950 bits per heavy atom. The fourth-order valence-corrected chi connectivity index (χ4v) is 4.80. The van der Waals surface area contributed by atoms with Crippen LogP contribution in [0.3, 0.4) is 0 Å². The number of hydrogen-bond donors (Lipinski definition) is 1. The average molecular weight is 278 g/mol. The van der Waals surface area contributed by atoms with Gasteiger partial charge < -0.3 is 10.6 Å². The quantitative estimate of drug-likeness (QED) is 0.863. The standard InChI is InChI=1S/C17H30N2O/c18-12-14-8-6-13(7-9-14)11-17(20)19-10-2-4-15-3-1-5-16(15)19/h13-16H,1-12,18H2. The van der Waals surface area contributed by atoms with Crippen molar-refractivity contribution in [2.24, 2.45) is 23.5 Å². The minimum Gasteiger partial charge on any atom is -0.339 e. The number of nitrogens with zero attached hydrogens (tertiary/aromatic N) is 1. The van der Waals surface area contributed by atoms with E-state index in [4.69, 9.17) is 5.73 Å². The molecule has 2 N–H and O–H groups in total. The number of nitrogens with two attached hydrogens (primary N) is 1. The van der Waals surface area contributed by atoms with Crippen LogP contribution < -0.4 is 5.73 Å². The first-order valence-electron chi connectivity index (χ1n) is 8.77. The van der Waals surface area contributed by atoms with Crippen LogP contribution >= 0.6 is 0 Å². The highest BCUT2D eigenvalue weighted by molar-refractivity contribution is 5.77. The van der Waals surface area contributed by atoms with Crippen molar-refractivity contribution < 1.29 is 4.79 Å². The normalized spacial score (nSPS) is 37.8. The molecule has 3 fully saturated rings. The van der Waals surface area contributed by atoms with Crippen LogP contribution in [0.5, 0.6) is 0 Å². The van der Waals surface area contributed by atoms with Gasteiger partial charge in [0.05, 0.1) is 0 Å². The minimum atomic E-state index is 0.456. The highest BCUT2D eigenvalue weighted by Gasteiger charge is 2.37. The molecule has 1 aliphatic heterocycles. The predicted octanol–water partition coefficient (Wildman–Crippen LogP) is 2.93. The molecular formula is C17H30N2O. The lowest BCUT2D eigenvalue weighted by Crippen LogP contribution is -2.46. The van der Waals surface area contributed by atoms with Crippen molar-refractivity contribution in [3.63, 3.8) is 0 Å². The Balaban J connectivity index is 1.51. The van der Waals surface area contributed by atoms with Gasteiger partial charge in [0.2, 0.25) is 5.91 Å². The summed E-state index contributed by atoms with van der Waals surface area (Å²) in [4.78, 5) is 14.9. The maximum absolute atomic E-state index is 12.7. The summed E-state index contributed by atoms with van der Waals surface area (Å²) in [6.45, 7) is 1.86. The smallest absolute Gasteiger partial charge is 0.223 e. The van der Waals surface area contributed by atoms with Crippen molar-refractivity contribution in [1.29, 1.82) is 0 Å². The van der Waals surface area contributed by atoms with E-state index in [1.54, 1.807) is 0 Å². The van der Waals surface area contributed by atoms with Gasteiger partial charge in [0.25, 0.3) is 0 Å². The van der Waals surface area contributed by atoms with Gasteiger partial charge in [-0.15, -0.1) is 0 Å². The van der Waals surface area contributed by atoms with Crippen molar-refractivity contribution in [3.8, 4) is 0 Å². The lowest BCUT2D eigenvalue weighted by Gasteiger charge is -2.39. The van der Waals surface area contributed by atoms with Gasteiger partial charge in [-0.05, 0) is 75.7 Å². The number of rotatable bonds is 3. The van der Waals surface area contributed by atoms with Crippen LogP contribution in [0, 0.1) is 17.8 Å². The largest absolute Gasteiger partial charge is 0.339 e. The van der Waals surface area contributed by atoms with E-state index in [1.807, 2.05) is 0 Å². The van der Waals surface area contributed by atoms with Gasteiger partial charge in [0, 0.05) is 19.0 Å². The van der Waals surface area contributed by atoms with E-state index in [1.165, 1.54) is 57.8 Å². The number of carbonyl (C=O) groups excluding carboxylic acids is 1. The molecule has 3 rings (SSSR count).